The van der Waals surface area contributed by atoms with Gasteiger partial charge < -0.3 is 9.73 Å². The maximum atomic E-state index is 12.8. The molecule has 160 valence electrons. The van der Waals surface area contributed by atoms with E-state index in [0.717, 1.165) is 11.1 Å². The Morgan fingerprint density at radius 1 is 0.906 bits per heavy atom. The predicted molar refractivity (Wildman–Crippen MR) is 131 cm³/mol. The molecule has 1 heterocycles. The van der Waals surface area contributed by atoms with Crippen molar-refractivity contribution in [2.45, 2.75) is 26.2 Å². The monoisotopic (exact) mass is 423 g/mol. The van der Waals surface area contributed by atoms with E-state index in [9.17, 15) is 9.59 Å². The zero-order valence-electron chi connectivity index (χ0n) is 18.4. The van der Waals surface area contributed by atoms with Gasteiger partial charge in [-0.1, -0.05) is 75.4 Å². The Morgan fingerprint density at radius 3 is 2.31 bits per heavy atom. The third-order valence-corrected chi connectivity index (χ3v) is 5.26. The summed E-state index contributed by atoms with van der Waals surface area (Å²) < 4.78 is 5.99. The molecule has 0 aliphatic rings. The van der Waals surface area contributed by atoms with E-state index in [1.165, 1.54) is 17.7 Å². The molecule has 0 unspecified atom stereocenters. The van der Waals surface area contributed by atoms with Gasteiger partial charge in [0.1, 0.15) is 11.3 Å². The number of fused-ring (bicyclic) bond motifs is 1. The number of benzene rings is 3. The SMILES string of the molecule is CC(C)(C)c1ccc(-c2cc(=O)c3cc(NC(=O)C=Cc4ccccc4)ccc3o2)cc1. The minimum Gasteiger partial charge on any atom is -0.456 e. The van der Waals surface area contributed by atoms with Gasteiger partial charge in [0.25, 0.3) is 0 Å². The molecule has 4 rings (SSSR count). The van der Waals surface area contributed by atoms with Crippen molar-refractivity contribution in [3.8, 4) is 11.3 Å². The van der Waals surface area contributed by atoms with Gasteiger partial charge in [0, 0.05) is 23.4 Å². The van der Waals surface area contributed by atoms with E-state index < -0.39 is 0 Å². The van der Waals surface area contributed by atoms with Crippen LogP contribution in [0.3, 0.4) is 0 Å². The smallest absolute Gasteiger partial charge is 0.248 e. The summed E-state index contributed by atoms with van der Waals surface area (Å²) in [6.07, 6.45) is 3.20. The van der Waals surface area contributed by atoms with Crippen molar-refractivity contribution < 1.29 is 9.21 Å². The summed E-state index contributed by atoms with van der Waals surface area (Å²) in [6.45, 7) is 6.48. The van der Waals surface area contributed by atoms with E-state index in [0.29, 0.717) is 22.4 Å². The van der Waals surface area contributed by atoms with Gasteiger partial charge in [0.2, 0.25) is 5.91 Å². The van der Waals surface area contributed by atoms with Gasteiger partial charge >= 0.3 is 0 Å². The summed E-state index contributed by atoms with van der Waals surface area (Å²) in [7, 11) is 0. The third-order valence-electron chi connectivity index (χ3n) is 5.26. The van der Waals surface area contributed by atoms with Crippen LogP contribution in [0, 0.1) is 0 Å². The van der Waals surface area contributed by atoms with Gasteiger partial charge in [0.15, 0.2) is 5.43 Å². The number of carbonyl (C=O) groups is 1. The number of hydrogen-bond donors (Lipinski definition) is 1. The molecule has 0 aliphatic carbocycles. The van der Waals surface area contributed by atoms with Crippen molar-refractivity contribution >= 4 is 28.6 Å². The normalized spacial score (nSPS) is 11.7. The highest BCUT2D eigenvalue weighted by molar-refractivity contribution is 6.02. The topological polar surface area (TPSA) is 59.3 Å². The second kappa shape index (κ2) is 8.67. The number of amides is 1. The van der Waals surface area contributed by atoms with Crippen LogP contribution in [0.5, 0.6) is 0 Å². The fourth-order valence-electron chi connectivity index (χ4n) is 3.43. The highest BCUT2D eigenvalue weighted by Crippen LogP contribution is 2.27. The molecule has 1 aromatic heterocycles. The van der Waals surface area contributed by atoms with Crippen LogP contribution in [-0.2, 0) is 10.2 Å². The molecule has 0 aliphatic heterocycles. The van der Waals surface area contributed by atoms with Crippen LogP contribution in [0.2, 0.25) is 0 Å². The molecule has 0 bridgehead atoms. The minimum atomic E-state index is -0.270. The van der Waals surface area contributed by atoms with Crippen LogP contribution in [0.15, 0.2) is 94.2 Å². The molecule has 0 fully saturated rings. The fourth-order valence-corrected chi connectivity index (χ4v) is 3.43. The van der Waals surface area contributed by atoms with Crippen molar-refractivity contribution in [2.75, 3.05) is 5.32 Å². The van der Waals surface area contributed by atoms with Gasteiger partial charge in [-0.2, -0.15) is 0 Å². The van der Waals surface area contributed by atoms with Gasteiger partial charge in [-0.05, 0) is 40.8 Å². The van der Waals surface area contributed by atoms with Gasteiger partial charge in [-0.3, -0.25) is 9.59 Å². The summed E-state index contributed by atoms with van der Waals surface area (Å²) >= 11 is 0. The number of rotatable bonds is 4. The second-order valence-electron chi connectivity index (χ2n) is 8.75. The first-order valence-electron chi connectivity index (χ1n) is 10.5. The molecule has 32 heavy (non-hydrogen) atoms. The minimum absolute atomic E-state index is 0.0554. The predicted octanol–water partition coefficient (Wildman–Crippen LogP) is 6.41. The van der Waals surface area contributed by atoms with Crippen LogP contribution >= 0.6 is 0 Å². The zero-order chi connectivity index (χ0) is 22.7. The Morgan fingerprint density at radius 2 is 1.62 bits per heavy atom. The molecule has 1 amide bonds. The molecule has 0 spiro atoms. The van der Waals surface area contributed by atoms with Crippen LogP contribution in [0.4, 0.5) is 5.69 Å². The Balaban J connectivity index is 1.56. The van der Waals surface area contributed by atoms with Crippen molar-refractivity contribution in [2.24, 2.45) is 0 Å². The van der Waals surface area contributed by atoms with Crippen molar-refractivity contribution in [1.82, 2.24) is 0 Å². The van der Waals surface area contributed by atoms with Crippen molar-refractivity contribution in [3.63, 3.8) is 0 Å². The van der Waals surface area contributed by atoms with Crippen LogP contribution in [-0.4, -0.2) is 5.91 Å². The lowest BCUT2D eigenvalue weighted by Crippen LogP contribution is -2.10. The first-order valence-corrected chi connectivity index (χ1v) is 10.5. The zero-order valence-corrected chi connectivity index (χ0v) is 18.4. The molecular weight excluding hydrogens is 398 g/mol. The maximum Gasteiger partial charge on any atom is 0.248 e. The lowest BCUT2D eigenvalue weighted by Gasteiger charge is -2.19. The Labute approximate surface area is 187 Å². The molecule has 0 radical (unpaired) electrons. The molecule has 4 nitrogen and oxygen atoms in total. The Hall–Kier alpha value is -3.92. The number of hydrogen-bond acceptors (Lipinski definition) is 3. The number of nitrogens with one attached hydrogen (secondary N) is 1. The van der Waals surface area contributed by atoms with Crippen molar-refractivity contribution in [1.29, 1.82) is 0 Å². The number of anilines is 1. The summed E-state index contributed by atoms with van der Waals surface area (Å²) in [4.78, 5) is 25.0. The van der Waals surface area contributed by atoms with E-state index in [1.807, 2.05) is 42.5 Å². The summed E-state index contributed by atoms with van der Waals surface area (Å²) in [6, 6.07) is 24.2. The van der Waals surface area contributed by atoms with Crippen LogP contribution in [0.1, 0.15) is 31.9 Å². The molecule has 1 N–H and O–H groups in total. The maximum absolute atomic E-state index is 12.8. The quantitative estimate of drug-likeness (QED) is 0.386. The second-order valence-corrected chi connectivity index (χ2v) is 8.75. The van der Waals surface area contributed by atoms with Crippen molar-refractivity contribution in [3.05, 3.63) is 106 Å². The average molecular weight is 424 g/mol. The number of carbonyl (C=O) groups excluding carboxylic acids is 1. The van der Waals surface area contributed by atoms with Crippen LogP contribution < -0.4 is 10.7 Å². The lowest BCUT2D eigenvalue weighted by atomic mass is 9.86. The fraction of sp³-hybridized carbons (Fsp3) is 0.143. The van der Waals surface area contributed by atoms with Crippen LogP contribution in [0.25, 0.3) is 28.4 Å². The summed E-state index contributed by atoms with van der Waals surface area (Å²) in [5.74, 6) is 0.249. The highest BCUT2D eigenvalue weighted by atomic mass is 16.3. The Bertz CT molecular complexity index is 1340. The van der Waals surface area contributed by atoms with E-state index >= 15 is 0 Å². The van der Waals surface area contributed by atoms with Gasteiger partial charge in [-0.25, -0.2) is 0 Å². The van der Waals surface area contributed by atoms with E-state index in [4.69, 9.17) is 4.42 Å². The molecule has 4 aromatic rings. The highest BCUT2D eigenvalue weighted by Gasteiger charge is 2.14. The molecule has 0 saturated carbocycles. The van der Waals surface area contributed by atoms with Gasteiger partial charge in [0.05, 0.1) is 5.39 Å². The largest absolute Gasteiger partial charge is 0.456 e. The lowest BCUT2D eigenvalue weighted by molar-refractivity contribution is -0.111. The molecule has 3 aromatic carbocycles. The summed E-state index contributed by atoms with van der Waals surface area (Å²) in [5.41, 5.74) is 3.91. The molecule has 0 saturated heterocycles. The average Bonchev–Trinajstić information content (AvgIpc) is 2.78. The van der Waals surface area contributed by atoms with E-state index in [1.54, 1.807) is 24.3 Å². The molecular formula is C28H25NO3. The third kappa shape index (κ3) is 4.86. The first kappa shape index (κ1) is 21.3. The summed E-state index contributed by atoms with van der Waals surface area (Å²) in [5, 5.41) is 3.21. The standard InChI is InChI=1S/C28H25NO3/c1-28(2,3)21-12-10-20(11-13-21)26-18-24(30)23-17-22(14-15-25(23)32-26)29-27(31)16-9-19-7-5-4-6-8-19/h4-18H,1-3H3,(H,29,31). The first-order chi connectivity index (χ1) is 15.3. The Kier molecular flexibility index (Phi) is 5.78. The van der Waals surface area contributed by atoms with Gasteiger partial charge in [-0.15, -0.1) is 0 Å². The molecule has 4 heteroatoms. The molecule has 0 atom stereocenters. The van der Waals surface area contributed by atoms with E-state index in [2.05, 4.69) is 38.2 Å². The van der Waals surface area contributed by atoms with E-state index in [-0.39, 0.29) is 16.8 Å².